The minimum atomic E-state index is -0.274. The number of carbonyl (C=O) groups is 1. The standard InChI is InChI=1S/C23H27ClN4O2S/c1-5-28-22(16(4)30-18-12-10-17(11-13-18)15(2)3)26-27-23(28)31-14-21(29)25-20-9-7-6-8-19(20)24/h6-13,15-16H,5,14H2,1-4H3,(H,25,29). The summed E-state index contributed by atoms with van der Waals surface area (Å²) in [7, 11) is 0. The summed E-state index contributed by atoms with van der Waals surface area (Å²) in [4.78, 5) is 12.3. The Labute approximate surface area is 192 Å². The zero-order valence-electron chi connectivity index (χ0n) is 18.1. The van der Waals surface area contributed by atoms with Gasteiger partial charge >= 0.3 is 0 Å². The number of ether oxygens (including phenoxy) is 1. The lowest BCUT2D eigenvalue weighted by atomic mass is 10.0. The molecule has 0 aliphatic heterocycles. The van der Waals surface area contributed by atoms with Crippen molar-refractivity contribution in [2.45, 2.75) is 51.4 Å². The summed E-state index contributed by atoms with van der Waals surface area (Å²) in [5.41, 5.74) is 1.86. The molecule has 0 aliphatic rings. The predicted molar refractivity (Wildman–Crippen MR) is 126 cm³/mol. The zero-order chi connectivity index (χ0) is 22.4. The van der Waals surface area contributed by atoms with Crippen LogP contribution in [0.4, 0.5) is 5.69 Å². The number of nitrogens with one attached hydrogen (secondary N) is 1. The highest BCUT2D eigenvalue weighted by Gasteiger charge is 2.19. The normalized spacial score (nSPS) is 12.1. The molecule has 3 aromatic rings. The average Bonchev–Trinajstić information content (AvgIpc) is 3.17. The van der Waals surface area contributed by atoms with Gasteiger partial charge in [0.2, 0.25) is 5.91 Å². The molecule has 1 unspecified atom stereocenters. The van der Waals surface area contributed by atoms with Gasteiger partial charge in [0.1, 0.15) is 5.75 Å². The van der Waals surface area contributed by atoms with Crippen LogP contribution in [0, 0.1) is 0 Å². The molecule has 1 atom stereocenters. The third-order valence-corrected chi connectivity index (χ3v) is 6.06. The topological polar surface area (TPSA) is 69.0 Å². The van der Waals surface area contributed by atoms with Gasteiger partial charge in [-0.15, -0.1) is 10.2 Å². The second kappa shape index (κ2) is 10.7. The molecule has 1 N–H and O–H groups in total. The highest BCUT2D eigenvalue weighted by molar-refractivity contribution is 7.99. The number of hydrogen-bond acceptors (Lipinski definition) is 5. The van der Waals surface area contributed by atoms with Crippen molar-refractivity contribution in [1.29, 1.82) is 0 Å². The molecule has 0 fully saturated rings. The molecule has 2 aromatic carbocycles. The van der Waals surface area contributed by atoms with Crippen LogP contribution in [0.25, 0.3) is 0 Å². The first kappa shape index (κ1) is 23.2. The largest absolute Gasteiger partial charge is 0.483 e. The monoisotopic (exact) mass is 458 g/mol. The number of benzene rings is 2. The van der Waals surface area contributed by atoms with Crippen LogP contribution in [-0.4, -0.2) is 26.4 Å². The Bertz CT molecular complexity index is 1020. The van der Waals surface area contributed by atoms with Crippen LogP contribution in [-0.2, 0) is 11.3 Å². The number of rotatable bonds is 9. The first-order valence-electron chi connectivity index (χ1n) is 10.3. The smallest absolute Gasteiger partial charge is 0.234 e. The molecular weight excluding hydrogens is 432 g/mol. The summed E-state index contributed by atoms with van der Waals surface area (Å²) in [6.07, 6.45) is -0.274. The second-order valence-corrected chi connectivity index (χ2v) is 8.74. The molecule has 0 radical (unpaired) electrons. The molecule has 0 saturated heterocycles. The minimum Gasteiger partial charge on any atom is -0.483 e. The maximum atomic E-state index is 12.3. The molecule has 164 valence electrons. The lowest BCUT2D eigenvalue weighted by molar-refractivity contribution is -0.113. The Balaban J connectivity index is 1.63. The van der Waals surface area contributed by atoms with Crippen LogP contribution in [0.2, 0.25) is 5.02 Å². The van der Waals surface area contributed by atoms with E-state index in [-0.39, 0.29) is 17.8 Å². The molecule has 31 heavy (non-hydrogen) atoms. The maximum Gasteiger partial charge on any atom is 0.234 e. The van der Waals surface area contributed by atoms with Crippen molar-refractivity contribution in [1.82, 2.24) is 14.8 Å². The van der Waals surface area contributed by atoms with Crippen molar-refractivity contribution >= 4 is 35.0 Å². The molecular formula is C23H27ClN4O2S. The van der Waals surface area contributed by atoms with Gasteiger partial charge in [0, 0.05) is 6.54 Å². The Kier molecular flexibility index (Phi) is 7.98. The fourth-order valence-corrected chi connectivity index (χ4v) is 4.06. The van der Waals surface area contributed by atoms with Gasteiger partial charge in [-0.05, 0) is 49.6 Å². The van der Waals surface area contributed by atoms with E-state index in [1.54, 1.807) is 12.1 Å². The van der Waals surface area contributed by atoms with E-state index in [2.05, 4.69) is 41.5 Å². The van der Waals surface area contributed by atoms with Crippen LogP contribution >= 0.6 is 23.4 Å². The van der Waals surface area contributed by atoms with E-state index in [1.165, 1.54) is 17.3 Å². The highest BCUT2D eigenvalue weighted by atomic mass is 35.5. The molecule has 0 spiro atoms. The van der Waals surface area contributed by atoms with Crippen molar-refractivity contribution in [3.8, 4) is 5.75 Å². The fourth-order valence-electron chi connectivity index (χ4n) is 3.07. The number of hydrogen-bond donors (Lipinski definition) is 1. The number of para-hydroxylation sites is 1. The van der Waals surface area contributed by atoms with Gasteiger partial charge in [-0.2, -0.15) is 0 Å². The van der Waals surface area contributed by atoms with E-state index < -0.39 is 0 Å². The van der Waals surface area contributed by atoms with Crippen molar-refractivity contribution in [2.24, 2.45) is 0 Å². The number of thioether (sulfide) groups is 1. The number of nitrogens with zero attached hydrogens (tertiary/aromatic N) is 3. The van der Waals surface area contributed by atoms with Gasteiger partial charge in [0.05, 0.1) is 16.5 Å². The van der Waals surface area contributed by atoms with E-state index in [4.69, 9.17) is 16.3 Å². The zero-order valence-corrected chi connectivity index (χ0v) is 19.7. The molecule has 0 saturated carbocycles. The summed E-state index contributed by atoms with van der Waals surface area (Å²) >= 11 is 7.43. The highest BCUT2D eigenvalue weighted by Crippen LogP contribution is 2.26. The van der Waals surface area contributed by atoms with Crippen LogP contribution in [0.3, 0.4) is 0 Å². The summed E-state index contributed by atoms with van der Waals surface area (Å²) in [5.74, 6) is 2.04. The molecule has 0 bridgehead atoms. The first-order chi connectivity index (χ1) is 14.9. The van der Waals surface area contributed by atoms with Gasteiger partial charge in [0.25, 0.3) is 0 Å². The van der Waals surface area contributed by atoms with E-state index in [9.17, 15) is 4.79 Å². The number of anilines is 1. The molecule has 0 aliphatic carbocycles. The number of aromatic nitrogens is 3. The lowest BCUT2D eigenvalue weighted by Crippen LogP contribution is -2.15. The van der Waals surface area contributed by atoms with Gasteiger partial charge in [0.15, 0.2) is 17.1 Å². The molecule has 6 nitrogen and oxygen atoms in total. The summed E-state index contributed by atoms with van der Waals surface area (Å²) < 4.78 is 8.06. The summed E-state index contributed by atoms with van der Waals surface area (Å²) in [6.45, 7) is 8.97. The Morgan fingerprint density at radius 1 is 1.13 bits per heavy atom. The van der Waals surface area contributed by atoms with Gasteiger partial charge in [-0.3, -0.25) is 4.79 Å². The van der Waals surface area contributed by atoms with E-state index >= 15 is 0 Å². The molecule has 1 aromatic heterocycles. The molecule has 8 heteroatoms. The molecule has 1 heterocycles. The minimum absolute atomic E-state index is 0.153. The summed E-state index contributed by atoms with van der Waals surface area (Å²) in [6, 6.07) is 15.3. The Hall–Kier alpha value is -2.51. The maximum absolute atomic E-state index is 12.3. The van der Waals surface area contributed by atoms with Crippen LogP contribution in [0.5, 0.6) is 5.75 Å². The van der Waals surface area contributed by atoms with E-state index in [1.807, 2.05) is 42.7 Å². The van der Waals surface area contributed by atoms with Gasteiger partial charge in [-0.25, -0.2) is 0 Å². The van der Waals surface area contributed by atoms with E-state index in [0.717, 1.165) is 11.6 Å². The number of halogens is 1. The van der Waals surface area contributed by atoms with Crippen molar-refractivity contribution in [3.63, 3.8) is 0 Å². The average molecular weight is 459 g/mol. The predicted octanol–water partition coefficient (Wildman–Crippen LogP) is 5.95. The van der Waals surface area contributed by atoms with Crippen molar-refractivity contribution < 1.29 is 9.53 Å². The number of amides is 1. The van der Waals surface area contributed by atoms with Crippen LogP contribution in [0.15, 0.2) is 53.7 Å². The molecule has 1 amide bonds. The SMILES string of the molecule is CCn1c(SCC(=O)Nc2ccccc2Cl)nnc1C(C)Oc1ccc(C(C)C)cc1. The third-order valence-electron chi connectivity index (χ3n) is 4.77. The lowest BCUT2D eigenvalue weighted by Gasteiger charge is -2.16. The Morgan fingerprint density at radius 3 is 2.48 bits per heavy atom. The molecule has 3 rings (SSSR count). The van der Waals surface area contributed by atoms with Gasteiger partial charge < -0.3 is 14.6 Å². The fraction of sp³-hybridized carbons (Fsp3) is 0.348. The summed E-state index contributed by atoms with van der Waals surface area (Å²) in [5, 5.41) is 12.6. The van der Waals surface area contributed by atoms with Crippen LogP contribution in [0.1, 0.15) is 51.1 Å². The van der Waals surface area contributed by atoms with Crippen molar-refractivity contribution in [2.75, 3.05) is 11.1 Å². The van der Waals surface area contributed by atoms with E-state index in [0.29, 0.717) is 28.3 Å². The second-order valence-electron chi connectivity index (χ2n) is 7.39. The third kappa shape index (κ3) is 6.02. The van der Waals surface area contributed by atoms with Crippen LogP contribution < -0.4 is 10.1 Å². The Morgan fingerprint density at radius 2 is 1.84 bits per heavy atom. The first-order valence-corrected chi connectivity index (χ1v) is 11.6. The number of carbonyl (C=O) groups excluding carboxylic acids is 1. The van der Waals surface area contributed by atoms with Gasteiger partial charge in [-0.1, -0.05) is 61.5 Å². The van der Waals surface area contributed by atoms with Crippen molar-refractivity contribution in [3.05, 3.63) is 64.9 Å². The quantitative estimate of drug-likeness (QED) is 0.401.